The molecule has 78 valence electrons. The van der Waals surface area contributed by atoms with Crippen molar-refractivity contribution in [3.63, 3.8) is 0 Å². The van der Waals surface area contributed by atoms with E-state index in [4.69, 9.17) is 5.73 Å². The van der Waals surface area contributed by atoms with Gasteiger partial charge in [-0.1, -0.05) is 23.5 Å². The Morgan fingerprint density at radius 2 is 2.00 bits per heavy atom. The highest BCUT2D eigenvalue weighted by molar-refractivity contribution is 7.15. The van der Waals surface area contributed by atoms with Crippen LogP contribution in [0.25, 0.3) is 0 Å². The van der Waals surface area contributed by atoms with Gasteiger partial charge in [-0.25, -0.2) is 9.37 Å². The molecule has 0 amide bonds. The first kappa shape index (κ1) is 10.1. The van der Waals surface area contributed by atoms with Crippen molar-refractivity contribution in [1.29, 1.82) is 0 Å². The molecule has 0 aliphatic carbocycles. The third-order valence-corrected chi connectivity index (χ3v) is 2.88. The highest BCUT2D eigenvalue weighted by Gasteiger charge is 2.13. The summed E-state index contributed by atoms with van der Waals surface area (Å²) in [5.74, 6) is -0.324. The van der Waals surface area contributed by atoms with Crippen molar-refractivity contribution in [1.82, 2.24) is 4.98 Å². The van der Waals surface area contributed by atoms with Gasteiger partial charge in [-0.3, -0.25) is 0 Å². The number of nitrogens with zero attached hydrogens (tertiary/aromatic N) is 1. The first-order chi connectivity index (χ1) is 7.16. The summed E-state index contributed by atoms with van der Waals surface area (Å²) in [5, 5.41) is 10.3. The van der Waals surface area contributed by atoms with E-state index in [0.717, 1.165) is 0 Å². The fourth-order valence-electron chi connectivity index (χ4n) is 1.24. The summed E-state index contributed by atoms with van der Waals surface area (Å²) in [5.41, 5.74) is 6.08. The lowest BCUT2D eigenvalue weighted by molar-refractivity contribution is 0.224. The van der Waals surface area contributed by atoms with Gasteiger partial charge < -0.3 is 10.8 Å². The maximum absolute atomic E-state index is 12.6. The van der Waals surface area contributed by atoms with E-state index >= 15 is 0 Å². The van der Waals surface area contributed by atoms with Gasteiger partial charge in [0.25, 0.3) is 0 Å². The molecule has 5 heteroatoms. The lowest BCUT2D eigenvalue weighted by atomic mass is 10.1. The molecule has 0 fully saturated rings. The largest absolute Gasteiger partial charge is 0.383 e. The molecule has 2 rings (SSSR count). The van der Waals surface area contributed by atoms with Gasteiger partial charge >= 0.3 is 0 Å². The molecule has 0 radical (unpaired) electrons. The minimum absolute atomic E-state index is 0.324. The van der Waals surface area contributed by atoms with Crippen molar-refractivity contribution in [2.75, 3.05) is 5.73 Å². The maximum Gasteiger partial charge on any atom is 0.180 e. The number of thiazole rings is 1. The molecule has 15 heavy (non-hydrogen) atoms. The van der Waals surface area contributed by atoms with Gasteiger partial charge in [0.15, 0.2) is 5.13 Å². The Balaban J connectivity index is 2.28. The van der Waals surface area contributed by atoms with Crippen LogP contribution in [0.1, 0.15) is 16.5 Å². The summed E-state index contributed by atoms with van der Waals surface area (Å²) in [7, 11) is 0. The Morgan fingerprint density at radius 3 is 2.53 bits per heavy atom. The van der Waals surface area contributed by atoms with Crippen LogP contribution in [0.3, 0.4) is 0 Å². The minimum Gasteiger partial charge on any atom is -0.383 e. The first-order valence-electron chi connectivity index (χ1n) is 4.31. The second kappa shape index (κ2) is 3.96. The number of hydrogen-bond donors (Lipinski definition) is 2. The Hall–Kier alpha value is -1.46. The summed E-state index contributed by atoms with van der Waals surface area (Å²) in [6, 6.07) is 5.69. The highest BCUT2D eigenvalue weighted by Crippen LogP contribution is 2.27. The normalized spacial score (nSPS) is 12.7. The summed E-state index contributed by atoms with van der Waals surface area (Å²) in [6.07, 6.45) is 0.731. The Kier molecular flexibility index (Phi) is 2.66. The van der Waals surface area contributed by atoms with Gasteiger partial charge in [-0.2, -0.15) is 0 Å². The minimum atomic E-state index is -0.791. The number of benzene rings is 1. The first-order valence-corrected chi connectivity index (χ1v) is 5.13. The molecule has 0 saturated carbocycles. The molecule has 0 bridgehead atoms. The van der Waals surface area contributed by atoms with Crippen molar-refractivity contribution in [2.24, 2.45) is 0 Å². The van der Waals surface area contributed by atoms with E-state index in [-0.39, 0.29) is 5.82 Å². The second-order valence-electron chi connectivity index (χ2n) is 3.05. The van der Waals surface area contributed by atoms with E-state index in [1.54, 1.807) is 0 Å². The lowest BCUT2D eigenvalue weighted by Gasteiger charge is -2.07. The van der Waals surface area contributed by atoms with Crippen molar-refractivity contribution >= 4 is 16.5 Å². The quantitative estimate of drug-likeness (QED) is 0.819. The molecule has 3 nitrogen and oxygen atoms in total. The summed E-state index contributed by atoms with van der Waals surface area (Å²) >= 11 is 1.22. The third kappa shape index (κ3) is 2.14. The number of aliphatic hydroxyl groups is 1. The van der Waals surface area contributed by atoms with E-state index in [1.165, 1.54) is 41.8 Å². The van der Waals surface area contributed by atoms with Crippen molar-refractivity contribution in [2.45, 2.75) is 6.10 Å². The summed E-state index contributed by atoms with van der Waals surface area (Å²) < 4.78 is 12.6. The maximum atomic E-state index is 12.6. The van der Waals surface area contributed by atoms with Crippen LogP contribution in [0, 0.1) is 5.82 Å². The van der Waals surface area contributed by atoms with Crippen LogP contribution in [0.5, 0.6) is 0 Å². The fraction of sp³-hybridized carbons (Fsp3) is 0.100. The van der Waals surface area contributed by atoms with Crippen LogP contribution < -0.4 is 5.73 Å². The molecule has 0 aliphatic heterocycles. The number of halogens is 1. The highest BCUT2D eigenvalue weighted by atomic mass is 32.1. The van der Waals surface area contributed by atoms with Crippen molar-refractivity contribution in [3.8, 4) is 0 Å². The number of aliphatic hydroxyl groups excluding tert-OH is 1. The molecule has 3 N–H and O–H groups in total. The predicted octanol–water partition coefficient (Wildman–Crippen LogP) is 1.95. The molecule has 1 unspecified atom stereocenters. The average Bonchev–Trinajstić information content (AvgIpc) is 2.65. The van der Waals surface area contributed by atoms with Crippen LogP contribution in [-0.2, 0) is 0 Å². The molecule has 0 saturated heterocycles. The Morgan fingerprint density at radius 1 is 1.33 bits per heavy atom. The van der Waals surface area contributed by atoms with Gasteiger partial charge in [0.2, 0.25) is 0 Å². The molecule has 1 atom stereocenters. The van der Waals surface area contributed by atoms with E-state index < -0.39 is 6.10 Å². The van der Waals surface area contributed by atoms with Crippen LogP contribution in [0.4, 0.5) is 9.52 Å². The molecular formula is C10H9FN2OS. The predicted molar refractivity (Wildman–Crippen MR) is 57.0 cm³/mol. The zero-order chi connectivity index (χ0) is 10.8. The monoisotopic (exact) mass is 224 g/mol. The van der Waals surface area contributed by atoms with Crippen LogP contribution >= 0.6 is 11.3 Å². The molecule has 0 aliphatic rings. The molecule has 1 aromatic carbocycles. The van der Waals surface area contributed by atoms with Gasteiger partial charge in [0.1, 0.15) is 11.9 Å². The number of hydrogen-bond acceptors (Lipinski definition) is 4. The molecular weight excluding hydrogens is 215 g/mol. The fourth-order valence-corrected chi connectivity index (χ4v) is 1.94. The third-order valence-electron chi connectivity index (χ3n) is 2.00. The number of nitrogens with two attached hydrogens (primary N) is 1. The standard InChI is InChI=1S/C10H9FN2OS/c11-7-3-1-6(2-4-7)9(14)8-5-13-10(12)15-8/h1-5,9,14H,(H2,12,13). The van der Waals surface area contributed by atoms with E-state index in [2.05, 4.69) is 4.98 Å². The SMILES string of the molecule is Nc1ncc(C(O)c2ccc(F)cc2)s1. The Labute approximate surface area is 90.0 Å². The van der Waals surface area contributed by atoms with Gasteiger partial charge in [-0.15, -0.1) is 0 Å². The van der Waals surface area contributed by atoms with Crippen LogP contribution in [-0.4, -0.2) is 10.1 Å². The van der Waals surface area contributed by atoms with Gasteiger partial charge in [-0.05, 0) is 17.7 Å². The molecule has 1 aromatic heterocycles. The average molecular weight is 224 g/mol. The zero-order valence-electron chi connectivity index (χ0n) is 7.72. The van der Waals surface area contributed by atoms with E-state index in [1.807, 2.05) is 0 Å². The van der Waals surface area contributed by atoms with E-state index in [0.29, 0.717) is 15.6 Å². The van der Waals surface area contributed by atoms with E-state index in [9.17, 15) is 9.50 Å². The van der Waals surface area contributed by atoms with Crippen molar-refractivity contribution in [3.05, 3.63) is 46.7 Å². The topological polar surface area (TPSA) is 59.1 Å². The molecule has 1 heterocycles. The number of nitrogen functional groups attached to an aromatic ring is 1. The molecule has 2 aromatic rings. The smallest absolute Gasteiger partial charge is 0.180 e. The zero-order valence-corrected chi connectivity index (χ0v) is 8.54. The van der Waals surface area contributed by atoms with Crippen LogP contribution in [0.15, 0.2) is 30.5 Å². The number of aromatic nitrogens is 1. The lowest BCUT2D eigenvalue weighted by Crippen LogP contribution is -1.96. The Bertz CT molecular complexity index is 455. The van der Waals surface area contributed by atoms with Crippen molar-refractivity contribution < 1.29 is 9.50 Å². The summed E-state index contributed by atoms with van der Waals surface area (Å²) in [4.78, 5) is 4.49. The van der Waals surface area contributed by atoms with Crippen LogP contribution in [0.2, 0.25) is 0 Å². The summed E-state index contributed by atoms with van der Waals surface area (Å²) in [6.45, 7) is 0. The second-order valence-corrected chi connectivity index (χ2v) is 4.15. The molecule has 0 spiro atoms. The number of rotatable bonds is 2. The van der Waals surface area contributed by atoms with Gasteiger partial charge in [0.05, 0.1) is 4.88 Å². The van der Waals surface area contributed by atoms with Gasteiger partial charge in [0, 0.05) is 6.20 Å². The number of anilines is 1.